The number of hydrogen-bond acceptors (Lipinski definition) is 4. The molecule has 0 saturated carbocycles. The number of nitrogens with zero attached hydrogens (tertiary/aromatic N) is 1. The van der Waals surface area contributed by atoms with Crippen molar-refractivity contribution in [2.75, 3.05) is 0 Å². The minimum absolute atomic E-state index is 0.449. The molecule has 0 bridgehead atoms. The molecule has 1 rings (SSSR count). The standard InChI is InChI=1S/C8H9N3O3/c1-5(6-3-2-4-14-6)10-11-8(13)7(9)12/h2-4H,1H3,(H2,9,12)(H,11,13). The largest absolute Gasteiger partial charge is 0.463 e. The lowest BCUT2D eigenvalue weighted by Gasteiger charge is -1.96. The van der Waals surface area contributed by atoms with E-state index in [-0.39, 0.29) is 0 Å². The van der Waals surface area contributed by atoms with Crippen molar-refractivity contribution in [2.45, 2.75) is 6.92 Å². The fourth-order valence-corrected chi connectivity index (χ4v) is 0.729. The topological polar surface area (TPSA) is 97.7 Å². The highest BCUT2D eigenvalue weighted by atomic mass is 16.3. The van der Waals surface area contributed by atoms with E-state index in [0.717, 1.165) is 0 Å². The lowest BCUT2D eigenvalue weighted by atomic mass is 10.3. The highest BCUT2D eigenvalue weighted by molar-refractivity contribution is 6.34. The number of nitrogens with two attached hydrogens (primary N) is 1. The van der Waals surface area contributed by atoms with Crippen LogP contribution in [-0.2, 0) is 9.59 Å². The maximum Gasteiger partial charge on any atom is 0.329 e. The fourth-order valence-electron chi connectivity index (χ4n) is 0.729. The molecule has 0 radical (unpaired) electrons. The van der Waals surface area contributed by atoms with E-state index in [1.807, 2.05) is 5.43 Å². The van der Waals surface area contributed by atoms with Crippen LogP contribution in [-0.4, -0.2) is 17.5 Å². The van der Waals surface area contributed by atoms with Crippen LogP contribution in [0.25, 0.3) is 0 Å². The van der Waals surface area contributed by atoms with Gasteiger partial charge in [-0.05, 0) is 19.1 Å². The molecule has 74 valence electrons. The molecule has 1 aromatic rings. The minimum Gasteiger partial charge on any atom is -0.463 e. The third-order valence-corrected chi connectivity index (χ3v) is 1.43. The zero-order valence-electron chi connectivity index (χ0n) is 7.48. The summed E-state index contributed by atoms with van der Waals surface area (Å²) in [7, 11) is 0. The van der Waals surface area contributed by atoms with Gasteiger partial charge < -0.3 is 10.2 Å². The van der Waals surface area contributed by atoms with Crippen LogP contribution in [0.5, 0.6) is 0 Å². The van der Waals surface area contributed by atoms with E-state index < -0.39 is 11.8 Å². The minimum atomic E-state index is -1.08. The number of hydrazone groups is 1. The molecule has 0 atom stereocenters. The number of carbonyl (C=O) groups excluding carboxylic acids is 2. The highest BCUT2D eigenvalue weighted by Gasteiger charge is 2.07. The van der Waals surface area contributed by atoms with Crippen LogP contribution in [0.15, 0.2) is 27.9 Å². The smallest absolute Gasteiger partial charge is 0.329 e. The van der Waals surface area contributed by atoms with Gasteiger partial charge in [0.15, 0.2) is 0 Å². The van der Waals surface area contributed by atoms with Crippen molar-refractivity contribution in [1.82, 2.24) is 5.43 Å². The van der Waals surface area contributed by atoms with Gasteiger partial charge >= 0.3 is 11.8 Å². The molecule has 2 amide bonds. The van der Waals surface area contributed by atoms with Gasteiger partial charge in [0.25, 0.3) is 0 Å². The summed E-state index contributed by atoms with van der Waals surface area (Å²) in [6.45, 7) is 1.63. The molecule has 0 unspecified atom stereocenters. The molecule has 14 heavy (non-hydrogen) atoms. The first-order valence-electron chi connectivity index (χ1n) is 3.79. The number of furan rings is 1. The van der Waals surface area contributed by atoms with Gasteiger partial charge in [-0.3, -0.25) is 9.59 Å². The van der Waals surface area contributed by atoms with Crippen LogP contribution < -0.4 is 11.2 Å². The van der Waals surface area contributed by atoms with Crippen LogP contribution in [0.4, 0.5) is 0 Å². The van der Waals surface area contributed by atoms with Gasteiger partial charge in [-0.1, -0.05) is 0 Å². The molecule has 0 aromatic carbocycles. The lowest BCUT2D eigenvalue weighted by Crippen LogP contribution is -2.33. The molecule has 0 aliphatic heterocycles. The van der Waals surface area contributed by atoms with Crippen molar-refractivity contribution in [3.8, 4) is 0 Å². The van der Waals surface area contributed by atoms with Crippen molar-refractivity contribution in [1.29, 1.82) is 0 Å². The van der Waals surface area contributed by atoms with E-state index >= 15 is 0 Å². The summed E-state index contributed by atoms with van der Waals surface area (Å²) in [5, 5.41) is 3.61. The second kappa shape index (κ2) is 4.22. The summed E-state index contributed by atoms with van der Waals surface area (Å²) in [5.41, 5.74) is 7.13. The van der Waals surface area contributed by atoms with Crippen molar-refractivity contribution < 1.29 is 14.0 Å². The number of carbonyl (C=O) groups is 2. The van der Waals surface area contributed by atoms with E-state index in [0.29, 0.717) is 11.5 Å². The van der Waals surface area contributed by atoms with Gasteiger partial charge in [-0.15, -0.1) is 0 Å². The SMILES string of the molecule is CC(=NNC(=O)C(N)=O)c1ccco1. The summed E-state index contributed by atoms with van der Waals surface area (Å²) in [4.78, 5) is 21.0. The number of rotatable bonds is 2. The van der Waals surface area contributed by atoms with Crippen LogP contribution in [0.2, 0.25) is 0 Å². The molecule has 1 aromatic heterocycles. The average Bonchev–Trinajstić information content (AvgIpc) is 2.66. The van der Waals surface area contributed by atoms with E-state index in [1.54, 1.807) is 19.1 Å². The van der Waals surface area contributed by atoms with Gasteiger partial charge in [0.2, 0.25) is 0 Å². The number of primary amides is 1. The molecule has 3 N–H and O–H groups in total. The van der Waals surface area contributed by atoms with Crippen molar-refractivity contribution in [3.63, 3.8) is 0 Å². The third kappa shape index (κ3) is 2.44. The molecule has 1 heterocycles. The Labute approximate surface area is 79.8 Å². The predicted octanol–water partition coefficient (Wildman–Crippen LogP) is -0.395. The van der Waals surface area contributed by atoms with Gasteiger partial charge in [-0.25, -0.2) is 5.43 Å². The Morgan fingerprint density at radius 1 is 1.57 bits per heavy atom. The first kappa shape index (κ1) is 9.97. The monoisotopic (exact) mass is 195 g/mol. The molecule has 0 saturated heterocycles. The Morgan fingerprint density at radius 3 is 2.79 bits per heavy atom. The van der Waals surface area contributed by atoms with Gasteiger partial charge in [-0.2, -0.15) is 5.10 Å². The summed E-state index contributed by atoms with van der Waals surface area (Å²) in [6.07, 6.45) is 1.48. The number of amides is 2. The van der Waals surface area contributed by atoms with Crippen molar-refractivity contribution in [2.24, 2.45) is 10.8 Å². The zero-order valence-corrected chi connectivity index (χ0v) is 7.48. The van der Waals surface area contributed by atoms with Gasteiger partial charge in [0, 0.05) is 0 Å². The summed E-state index contributed by atoms with van der Waals surface area (Å²) >= 11 is 0. The van der Waals surface area contributed by atoms with E-state index in [9.17, 15) is 9.59 Å². The van der Waals surface area contributed by atoms with E-state index in [2.05, 4.69) is 5.10 Å². The molecule has 6 heteroatoms. The number of hydrogen-bond donors (Lipinski definition) is 2. The van der Waals surface area contributed by atoms with Crippen LogP contribution >= 0.6 is 0 Å². The normalized spacial score (nSPS) is 11.1. The Bertz CT molecular complexity index is 367. The Morgan fingerprint density at radius 2 is 2.29 bits per heavy atom. The third-order valence-electron chi connectivity index (χ3n) is 1.43. The molecule has 0 aliphatic rings. The summed E-state index contributed by atoms with van der Waals surface area (Å²) < 4.78 is 4.99. The molecule has 0 aliphatic carbocycles. The van der Waals surface area contributed by atoms with E-state index in [1.165, 1.54) is 6.26 Å². The highest BCUT2D eigenvalue weighted by Crippen LogP contribution is 2.00. The molecule has 0 spiro atoms. The molecule has 6 nitrogen and oxygen atoms in total. The first-order valence-corrected chi connectivity index (χ1v) is 3.79. The van der Waals surface area contributed by atoms with Crippen LogP contribution in [0, 0.1) is 0 Å². The lowest BCUT2D eigenvalue weighted by molar-refractivity contribution is -0.137. The molecular weight excluding hydrogens is 186 g/mol. The zero-order chi connectivity index (χ0) is 10.6. The Balaban J connectivity index is 2.62. The van der Waals surface area contributed by atoms with Gasteiger partial charge in [0.05, 0.1) is 6.26 Å². The van der Waals surface area contributed by atoms with Crippen LogP contribution in [0.1, 0.15) is 12.7 Å². The van der Waals surface area contributed by atoms with Crippen molar-refractivity contribution >= 4 is 17.5 Å². The summed E-state index contributed by atoms with van der Waals surface area (Å²) in [5.74, 6) is -1.54. The number of nitrogens with one attached hydrogen (secondary N) is 1. The average molecular weight is 195 g/mol. The van der Waals surface area contributed by atoms with Crippen LogP contribution in [0.3, 0.4) is 0 Å². The van der Waals surface area contributed by atoms with E-state index in [4.69, 9.17) is 10.2 Å². The molecular formula is C8H9N3O3. The quantitative estimate of drug-likeness (QED) is 0.382. The Hall–Kier alpha value is -2.11. The first-order chi connectivity index (χ1) is 6.61. The fraction of sp³-hybridized carbons (Fsp3) is 0.125. The Kier molecular flexibility index (Phi) is 3.01. The second-order valence-electron chi connectivity index (χ2n) is 2.48. The van der Waals surface area contributed by atoms with Gasteiger partial charge in [0.1, 0.15) is 11.5 Å². The second-order valence-corrected chi connectivity index (χ2v) is 2.48. The predicted molar refractivity (Wildman–Crippen MR) is 48.3 cm³/mol. The maximum atomic E-state index is 10.7. The summed E-state index contributed by atoms with van der Waals surface area (Å²) in [6, 6.07) is 3.36. The maximum absolute atomic E-state index is 10.7. The molecule has 0 fully saturated rings. The van der Waals surface area contributed by atoms with Crippen molar-refractivity contribution in [3.05, 3.63) is 24.2 Å².